The molecule has 1 aromatic carbocycles. The summed E-state index contributed by atoms with van der Waals surface area (Å²) in [6.45, 7) is 0.818. The Hall–Kier alpha value is -2.64. The van der Waals surface area contributed by atoms with Crippen molar-refractivity contribution in [1.29, 1.82) is 0 Å². The number of nitro benzene ring substituents is 1. The van der Waals surface area contributed by atoms with E-state index in [4.69, 9.17) is 10.5 Å². The van der Waals surface area contributed by atoms with Crippen molar-refractivity contribution in [2.24, 2.45) is 11.7 Å². The van der Waals surface area contributed by atoms with E-state index in [2.05, 4.69) is 0 Å². The third-order valence-corrected chi connectivity index (χ3v) is 3.81. The van der Waals surface area contributed by atoms with Gasteiger partial charge in [-0.25, -0.2) is 0 Å². The predicted molar refractivity (Wildman–Crippen MR) is 77.5 cm³/mol. The summed E-state index contributed by atoms with van der Waals surface area (Å²) in [6.07, 6.45) is 1.03. The molecule has 0 aromatic heterocycles. The van der Waals surface area contributed by atoms with E-state index in [9.17, 15) is 19.7 Å². The Balaban J connectivity index is 2.15. The van der Waals surface area contributed by atoms with E-state index in [1.165, 1.54) is 25.3 Å². The molecule has 0 radical (unpaired) electrons. The van der Waals surface area contributed by atoms with Crippen LogP contribution in [0.4, 0.5) is 5.69 Å². The van der Waals surface area contributed by atoms with Gasteiger partial charge in [0, 0.05) is 30.6 Å². The van der Waals surface area contributed by atoms with Crippen LogP contribution in [-0.2, 0) is 4.79 Å². The minimum Gasteiger partial charge on any atom is -0.490 e. The Morgan fingerprint density at radius 2 is 2.00 bits per heavy atom. The van der Waals surface area contributed by atoms with Gasteiger partial charge in [0.2, 0.25) is 5.91 Å². The summed E-state index contributed by atoms with van der Waals surface area (Å²) in [5.74, 6) is -0.760. The molecule has 1 aromatic rings. The zero-order valence-electron chi connectivity index (χ0n) is 12.2. The van der Waals surface area contributed by atoms with Gasteiger partial charge in [-0.3, -0.25) is 19.7 Å². The smallest absolute Gasteiger partial charge is 0.311 e. The van der Waals surface area contributed by atoms with Gasteiger partial charge in [-0.1, -0.05) is 0 Å². The summed E-state index contributed by atoms with van der Waals surface area (Å²) in [4.78, 5) is 35.5. The van der Waals surface area contributed by atoms with E-state index < -0.39 is 4.92 Å². The fraction of sp³-hybridized carbons (Fsp3) is 0.429. The van der Waals surface area contributed by atoms with Crippen LogP contribution in [0.2, 0.25) is 0 Å². The summed E-state index contributed by atoms with van der Waals surface area (Å²) in [6, 6.07) is 4.11. The first-order valence-electron chi connectivity index (χ1n) is 6.85. The van der Waals surface area contributed by atoms with Crippen LogP contribution in [-0.4, -0.2) is 41.8 Å². The van der Waals surface area contributed by atoms with Gasteiger partial charge in [-0.2, -0.15) is 0 Å². The molecular formula is C14H17N3O5. The summed E-state index contributed by atoms with van der Waals surface area (Å²) >= 11 is 0. The number of methoxy groups -OCH3 is 1. The molecule has 0 atom stereocenters. The fourth-order valence-corrected chi connectivity index (χ4v) is 2.52. The Labute approximate surface area is 127 Å². The molecule has 8 nitrogen and oxygen atoms in total. The number of rotatable bonds is 4. The molecule has 0 bridgehead atoms. The molecule has 0 unspecified atom stereocenters. The number of likely N-dealkylation sites (tertiary alicyclic amines) is 1. The van der Waals surface area contributed by atoms with Gasteiger partial charge in [0.1, 0.15) is 0 Å². The first kappa shape index (κ1) is 15.7. The molecule has 2 rings (SSSR count). The van der Waals surface area contributed by atoms with Crippen LogP contribution in [0.1, 0.15) is 23.2 Å². The van der Waals surface area contributed by atoms with Crippen LogP contribution in [0.3, 0.4) is 0 Å². The topological polar surface area (TPSA) is 116 Å². The summed E-state index contributed by atoms with van der Waals surface area (Å²) < 4.78 is 4.91. The van der Waals surface area contributed by atoms with Crippen molar-refractivity contribution in [1.82, 2.24) is 4.90 Å². The molecule has 1 aliphatic heterocycles. The zero-order chi connectivity index (χ0) is 16.3. The molecule has 0 aliphatic carbocycles. The maximum Gasteiger partial charge on any atom is 0.311 e. The number of nitro groups is 1. The molecule has 0 saturated carbocycles. The molecular weight excluding hydrogens is 290 g/mol. The van der Waals surface area contributed by atoms with Crippen LogP contribution in [0.15, 0.2) is 18.2 Å². The van der Waals surface area contributed by atoms with Gasteiger partial charge in [0.15, 0.2) is 5.75 Å². The minimum absolute atomic E-state index is 0.106. The molecule has 8 heteroatoms. The molecule has 22 heavy (non-hydrogen) atoms. The van der Waals surface area contributed by atoms with Gasteiger partial charge >= 0.3 is 5.69 Å². The average Bonchev–Trinajstić information content (AvgIpc) is 2.53. The number of amides is 2. The van der Waals surface area contributed by atoms with E-state index in [-0.39, 0.29) is 34.7 Å². The largest absolute Gasteiger partial charge is 0.490 e. The van der Waals surface area contributed by atoms with Crippen LogP contribution in [0, 0.1) is 16.0 Å². The van der Waals surface area contributed by atoms with E-state index in [0.717, 1.165) is 0 Å². The van der Waals surface area contributed by atoms with E-state index in [0.29, 0.717) is 25.9 Å². The highest BCUT2D eigenvalue weighted by Crippen LogP contribution is 2.28. The van der Waals surface area contributed by atoms with Gasteiger partial charge in [-0.05, 0) is 25.0 Å². The highest BCUT2D eigenvalue weighted by Gasteiger charge is 2.27. The third kappa shape index (κ3) is 3.16. The molecule has 1 heterocycles. The number of hydrogen-bond acceptors (Lipinski definition) is 5. The molecule has 1 saturated heterocycles. The van der Waals surface area contributed by atoms with Gasteiger partial charge in [-0.15, -0.1) is 0 Å². The molecule has 1 aliphatic rings. The number of carbonyl (C=O) groups excluding carboxylic acids is 2. The van der Waals surface area contributed by atoms with Crippen molar-refractivity contribution in [2.75, 3.05) is 20.2 Å². The van der Waals surface area contributed by atoms with Crippen molar-refractivity contribution < 1.29 is 19.2 Å². The lowest BCUT2D eigenvalue weighted by Gasteiger charge is -2.30. The summed E-state index contributed by atoms with van der Waals surface area (Å²) in [5.41, 5.74) is 5.23. The Morgan fingerprint density at radius 3 is 2.50 bits per heavy atom. The first-order chi connectivity index (χ1) is 10.4. The van der Waals surface area contributed by atoms with Crippen LogP contribution in [0.25, 0.3) is 0 Å². The van der Waals surface area contributed by atoms with Crippen molar-refractivity contribution >= 4 is 17.5 Å². The first-order valence-corrected chi connectivity index (χ1v) is 6.85. The van der Waals surface area contributed by atoms with Crippen molar-refractivity contribution in [3.05, 3.63) is 33.9 Å². The second-order valence-corrected chi connectivity index (χ2v) is 5.11. The highest BCUT2D eigenvalue weighted by molar-refractivity contribution is 5.95. The minimum atomic E-state index is -0.588. The van der Waals surface area contributed by atoms with Gasteiger partial charge < -0.3 is 15.4 Å². The van der Waals surface area contributed by atoms with E-state index >= 15 is 0 Å². The quantitative estimate of drug-likeness (QED) is 0.656. The molecule has 1 fully saturated rings. The lowest BCUT2D eigenvalue weighted by Crippen LogP contribution is -2.41. The number of carbonyl (C=O) groups is 2. The number of primary amides is 1. The number of nitrogens with zero attached hydrogens (tertiary/aromatic N) is 2. The Bertz CT molecular complexity index is 608. The molecule has 2 N–H and O–H groups in total. The van der Waals surface area contributed by atoms with Crippen LogP contribution in [0.5, 0.6) is 5.75 Å². The van der Waals surface area contributed by atoms with Gasteiger partial charge in [0.25, 0.3) is 5.91 Å². The van der Waals surface area contributed by atoms with Crippen molar-refractivity contribution in [3.8, 4) is 5.75 Å². The number of hydrogen-bond donors (Lipinski definition) is 1. The number of benzene rings is 1. The monoisotopic (exact) mass is 307 g/mol. The molecule has 118 valence electrons. The fourth-order valence-electron chi connectivity index (χ4n) is 2.52. The normalized spacial score (nSPS) is 15.4. The maximum atomic E-state index is 12.4. The highest BCUT2D eigenvalue weighted by atomic mass is 16.6. The lowest BCUT2D eigenvalue weighted by molar-refractivity contribution is -0.385. The zero-order valence-corrected chi connectivity index (χ0v) is 12.2. The van der Waals surface area contributed by atoms with Crippen LogP contribution >= 0.6 is 0 Å². The van der Waals surface area contributed by atoms with Crippen LogP contribution < -0.4 is 10.5 Å². The summed E-state index contributed by atoms with van der Waals surface area (Å²) in [7, 11) is 1.33. The second kappa shape index (κ2) is 6.42. The Kier molecular flexibility index (Phi) is 4.59. The van der Waals surface area contributed by atoms with E-state index in [1.807, 2.05) is 0 Å². The standard InChI is InChI=1S/C14H17N3O5/c1-22-12-3-2-10(8-11(12)17(20)21)14(19)16-6-4-9(5-7-16)13(15)18/h2-3,8-9H,4-7H2,1H3,(H2,15,18). The van der Waals surface area contributed by atoms with Gasteiger partial charge in [0.05, 0.1) is 12.0 Å². The average molecular weight is 307 g/mol. The SMILES string of the molecule is COc1ccc(C(=O)N2CCC(C(N)=O)CC2)cc1[N+](=O)[O-]. The third-order valence-electron chi connectivity index (χ3n) is 3.81. The number of ether oxygens (including phenoxy) is 1. The predicted octanol–water partition coefficient (Wildman–Crippen LogP) is 0.941. The number of piperidine rings is 1. The lowest BCUT2D eigenvalue weighted by atomic mass is 9.96. The number of nitrogens with two attached hydrogens (primary N) is 1. The second-order valence-electron chi connectivity index (χ2n) is 5.11. The summed E-state index contributed by atoms with van der Waals surface area (Å²) in [5, 5.41) is 11.0. The molecule has 0 spiro atoms. The van der Waals surface area contributed by atoms with Crippen molar-refractivity contribution in [2.45, 2.75) is 12.8 Å². The van der Waals surface area contributed by atoms with Crippen molar-refractivity contribution in [3.63, 3.8) is 0 Å². The maximum absolute atomic E-state index is 12.4. The molecule has 2 amide bonds. The Morgan fingerprint density at radius 1 is 1.36 bits per heavy atom. The van der Waals surface area contributed by atoms with E-state index in [1.54, 1.807) is 4.90 Å².